The lowest BCUT2D eigenvalue weighted by Gasteiger charge is -2.17. The number of hydrogen-bond donors (Lipinski definition) is 2. The van der Waals surface area contributed by atoms with E-state index in [0.29, 0.717) is 0 Å². The first-order valence-corrected chi connectivity index (χ1v) is 14.2. The van der Waals surface area contributed by atoms with Gasteiger partial charge in [0.2, 0.25) is 19.7 Å². The number of rotatable bonds is 7. The van der Waals surface area contributed by atoms with Gasteiger partial charge in [-0.05, 0) is 48.9 Å². The topological polar surface area (TPSA) is 135 Å². The van der Waals surface area contributed by atoms with Crippen LogP contribution in [0.25, 0.3) is 0 Å². The van der Waals surface area contributed by atoms with Crippen molar-refractivity contribution in [3.63, 3.8) is 0 Å². The summed E-state index contributed by atoms with van der Waals surface area (Å²) in [6, 6.07) is 9.49. The van der Waals surface area contributed by atoms with E-state index in [1.165, 1.54) is 16.9 Å². The first-order valence-electron chi connectivity index (χ1n) is 9.75. The molecule has 8 nitrogen and oxygen atoms in total. The Labute approximate surface area is 204 Å². The number of hydrogen-bond acceptors (Lipinski definition) is 7. The van der Waals surface area contributed by atoms with Gasteiger partial charge < -0.3 is 5.11 Å². The molecule has 0 aliphatic rings. The van der Waals surface area contributed by atoms with Crippen LogP contribution >= 0.6 is 0 Å². The quantitative estimate of drug-likeness (QED) is 0.416. The van der Waals surface area contributed by atoms with Gasteiger partial charge in [0.1, 0.15) is 21.4 Å². The van der Waals surface area contributed by atoms with Crippen molar-refractivity contribution in [3.8, 4) is 5.75 Å². The number of halogens is 4. The van der Waals surface area contributed by atoms with Gasteiger partial charge >= 0.3 is 15.5 Å². The summed E-state index contributed by atoms with van der Waals surface area (Å²) in [4.78, 5) is -3.33. The maximum absolute atomic E-state index is 14.2. The average molecular weight is 568 g/mol. The molecule has 15 heteroatoms. The molecule has 0 amide bonds. The largest absolute Gasteiger partial charge is 0.511 e. The molecule has 0 aliphatic heterocycles. The zero-order chi connectivity index (χ0) is 27.1. The third-order valence-corrected chi connectivity index (χ3v) is 10.1. The molecule has 0 aliphatic carbocycles. The monoisotopic (exact) mass is 567 g/mol. The summed E-state index contributed by atoms with van der Waals surface area (Å²) in [5.41, 5.74) is -5.60. The summed E-state index contributed by atoms with van der Waals surface area (Å²) in [6.07, 6.45) is 0. The minimum absolute atomic E-state index is 0.0433. The van der Waals surface area contributed by atoms with E-state index in [-0.39, 0.29) is 5.56 Å². The van der Waals surface area contributed by atoms with Crippen LogP contribution in [0.2, 0.25) is 0 Å². The highest BCUT2D eigenvalue weighted by atomic mass is 32.2. The van der Waals surface area contributed by atoms with Crippen LogP contribution in [0.3, 0.4) is 0 Å². The maximum Gasteiger partial charge on any atom is 0.511 e. The highest BCUT2D eigenvalue weighted by Crippen LogP contribution is 2.37. The normalized spacial score (nSPS) is 13.9. The van der Waals surface area contributed by atoms with Crippen molar-refractivity contribution in [1.29, 1.82) is 0 Å². The number of sulfone groups is 2. The standard InChI is InChI=1S/C21H17F4NO7S3/c1-13(26-36(32,33)21(23,24)25)14-9-11-15(12-10-14)34(28,29)20-17(27)6-4-8-19(20)35(30,31)18-7-3-2-5-16(18)22/h2-13,26-27H,1H3/t13-/m0/s1. The molecule has 3 aromatic rings. The third-order valence-electron chi connectivity index (χ3n) is 4.97. The van der Waals surface area contributed by atoms with Gasteiger partial charge in [-0.15, -0.1) is 0 Å². The molecule has 0 fully saturated rings. The van der Waals surface area contributed by atoms with Crippen LogP contribution < -0.4 is 4.72 Å². The van der Waals surface area contributed by atoms with Crippen LogP contribution in [0, 0.1) is 5.82 Å². The van der Waals surface area contributed by atoms with E-state index in [1.54, 1.807) is 0 Å². The fourth-order valence-corrected chi connectivity index (χ4v) is 7.41. The lowest BCUT2D eigenvalue weighted by Crippen LogP contribution is -2.37. The van der Waals surface area contributed by atoms with Gasteiger partial charge in [-0.2, -0.15) is 13.2 Å². The van der Waals surface area contributed by atoms with Crippen molar-refractivity contribution >= 4 is 29.7 Å². The molecule has 0 unspecified atom stereocenters. The zero-order valence-corrected chi connectivity index (χ0v) is 20.5. The van der Waals surface area contributed by atoms with Crippen LogP contribution in [0.4, 0.5) is 17.6 Å². The van der Waals surface area contributed by atoms with Crippen LogP contribution in [0.1, 0.15) is 18.5 Å². The Kier molecular flexibility index (Phi) is 7.25. The molecule has 2 N–H and O–H groups in total. The second-order valence-corrected chi connectivity index (χ2v) is 12.9. The molecule has 0 radical (unpaired) electrons. The lowest BCUT2D eigenvalue weighted by atomic mass is 10.1. The maximum atomic E-state index is 14.2. The Hall–Kier alpha value is -3.01. The minimum Gasteiger partial charge on any atom is -0.507 e. The summed E-state index contributed by atoms with van der Waals surface area (Å²) in [6.45, 7) is 1.09. The zero-order valence-electron chi connectivity index (χ0n) is 18.1. The SMILES string of the molecule is C[C@H](NS(=O)(=O)C(F)(F)F)c1ccc(S(=O)(=O)c2c(O)cccc2S(=O)(=O)c2ccccc2F)cc1. The molecule has 0 bridgehead atoms. The highest BCUT2D eigenvalue weighted by Gasteiger charge is 2.46. The van der Waals surface area contributed by atoms with Gasteiger partial charge in [0.15, 0.2) is 0 Å². The predicted molar refractivity (Wildman–Crippen MR) is 118 cm³/mol. The smallest absolute Gasteiger partial charge is 0.507 e. The molecular weight excluding hydrogens is 550 g/mol. The Morgan fingerprint density at radius 1 is 0.778 bits per heavy atom. The second kappa shape index (κ2) is 9.46. The van der Waals surface area contributed by atoms with Gasteiger partial charge in [-0.1, -0.05) is 30.3 Å². The number of phenols is 1. The molecule has 1 atom stereocenters. The van der Waals surface area contributed by atoms with Crippen molar-refractivity contribution in [3.05, 3.63) is 78.1 Å². The molecule has 3 rings (SSSR count). The molecule has 0 saturated carbocycles. The van der Waals surface area contributed by atoms with Gasteiger partial charge in [-0.25, -0.2) is 34.4 Å². The number of aromatic hydroxyl groups is 1. The predicted octanol–water partition coefficient (Wildman–Crippen LogP) is 3.70. The molecule has 3 aromatic carbocycles. The molecular formula is C21H17F4NO7S3. The van der Waals surface area contributed by atoms with Gasteiger partial charge in [0, 0.05) is 6.04 Å². The number of alkyl halides is 3. The molecule has 194 valence electrons. The average Bonchev–Trinajstić information content (AvgIpc) is 2.78. The highest BCUT2D eigenvalue weighted by molar-refractivity contribution is 7.94. The van der Waals surface area contributed by atoms with Crippen LogP contribution in [-0.2, 0) is 29.7 Å². The van der Waals surface area contributed by atoms with Crippen molar-refractivity contribution in [2.45, 2.75) is 38.1 Å². The van der Waals surface area contributed by atoms with E-state index in [4.69, 9.17) is 0 Å². The summed E-state index contributed by atoms with van der Waals surface area (Å²) in [7, 11) is -15.2. The van der Waals surface area contributed by atoms with Crippen molar-refractivity contribution in [2.24, 2.45) is 0 Å². The van der Waals surface area contributed by atoms with E-state index >= 15 is 0 Å². The molecule has 0 aromatic heterocycles. The number of nitrogens with one attached hydrogen (secondary N) is 1. The van der Waals surface area contributed by atoms with Gasteiger partial charge in [-0.3, -0.25) is 0 Å². The van der Waals surface area contributed by atoms with Crippen molar-refractivity contribution in [2.75, 3.05) is 0 Å². The van der Waals surface area contributed by atoms with E-state index in [2.05, 4.69) is 0 Å². The summed E-state index contributed by atoms with van der Waals surface area (Å²) in [5.74, 6) is -2.09. The Bertz CT molecular complexity index is 1620. The second-order valence-electron chi connectivity index (χ2n) is 7.40. The van der Waals surface area contributed by atoms with Crippen LogP contribution in [-0.4, -0.2) is 35.9 Å². The van der Waals surface area contributed by atoms with E-state index in [1.807, 2.05) is 0 Å². The first-order chi connectivity index (χ1) is 16.5. The van der Waals surface area contributed by atoms with Crippen LogP contribution in [0.5, 0.6) is 5.75 Å². The number of benzene rings is 3. The van der Waals surface area contributed by atoms with E-state index in [0.717, 1.165) is 61.5 Å². The Morgan fingerprint density at radius 3 is 1.89 bits per heavy atom. The fraction of sp³-hybridized carbons (Fsp3) is 0.143. The minimum atomic E-state index is -5.68. The summed E-state index contributed by atoms with van der Waals surface area (Å²) in [5, 5.41) is 10.3. The van der Waals surface area contributed by atoms with Crippen molar-refractivity contribution in [1.82, 2.24) is 4.72 Å². The lowest BCUT2D eigenvalue weighted by molar-refractivity contribution is -0.0450. The summed E-state index contributed by atoms with van der Waals surface area (Å²) < 4.78 is 129. The molecule has 0 spiro atoms. The van der Waals surface area contributed by atoms with Gasteiger partial charge in [0.05, 0.1) is 9.79 Å². The number of sulfonamides is 1. The van der Waals surface area contributed by atoms with Crippen molar-refractivity contribution < 1.29 is 47.9 Å². The third kappa shape index (κ3) is 5.09. The van der Waals surface area contributed by atoms with Gasteiger partial charge in [0.25, 0.3) is 0 Å². The first kappa shape index (κ1) is 27.6. The molecule has 36 heavy (non-hydrogen) atoms. The Morgan fingerprint density at radius 2 is 1.33 bits per heavy atom. The molecule has 0 saturated heterocycles. The number of phenolic OH excluding ortho intramolecular Hbond substituents is 1. The fourth-order valence-electron chi connectivity index (χ4n) is 3.19. The van der Waals surface area contributed by atoms with E-state index < -0.39 is 72.4 Å². The summed E-state index contributed by atoms with van der Waals surface area (Å²) >= 11 is 0. The van der Waals surface area contributed by atoms with Crippen LogP contribution in [0.15, 0.2) is 86.3 Å². The van der Waals surface area contributed by atoms with E-state index in [9.17, 15) is 47.9 Å². The molecule has 0 heterocycles. The Balaban J connectivity index is 2.07.